The van der Waals surface area contributed by atoms with Crippen molar-refractivity contribution in [1.29, 1.82) is 0 Å². The van der Waals surface area contributed by atoms with E-state index in [1.807, 2.05) is 0 Å². The number of carbonyl (C=O) groups is 2. The summed E-state index contributed by atoms with van der Waals surface area (Å²) in [6.45, 7) is 4.62. The maximum atomic E-state index is 12.7. The number of nitrogens with zero attached hydrogens (tertiary/aromatic N) is 3. The maximum Gasteiger partial charge on any atom is 0.255 e. The summed E-state index contributed by atoms with van der Waals surface area (Å²) in [6, 6.07) is -0.578. The van der Waals surface area contributed by atoms with Crippen molar-refractivity contribution < 1.29 is 14.3 Å². The highest BCUT2D eigenvalue weighted by Gasteiger charge is 2.51. The number of likely N-dealkylation sites (tertiary alicyclic amines) is 1. The molecule has 2 N–H and O–H groups in total. The van der Waals surface area contributed by atoms with Crippen molar-refractivity contribution in [2.24, 2.45) is 5.41 Å². The molecule has 1 saturated carbocycles. The summed E-state index contributed by atoms with van der Waals surface area (Å²) in [5.74, 6) is 0.106. The standard InChI is InChI=1S/C18H21N5O3/c1-10(17(25)23-6-18(7-23)8-26-9-18)21-16(24)12-4-19-15-14(12)22-13(5-20-15)11-2-3-11/h4-5,10-11H,2-3,6-9H2,1H3,(H,19,20)(H,21,24)/t10-/m1/s1. The van der Waals surface area contributed by atoms with Crippen LogP contribution < -0.4 is 5.32 Å². The molecule has 0 bridgehead atoms. The zero-order valence-electron chi connectivity index (χ0n) is 14.6. The van der Waals surface area contributed by atoms with Gasteiger partial charge in [-0.1, -0.05) is 0 Å². The van der Waals surface area contributed by atoms with Crippen LogP contribution in [0.25, 0.3) is 11.2 Å². The topological polar surface area (TPSA) is 100 Å². The van der Waals surface area contributed by atoms with Gasteiger partial charge in [0.1, 0.15) is 11.6 Å². The van der Waals surface area contributed by atoms with Crippen molar-refractivity contribution in [3.63, 3.8) is 0 Å². The Morgan fingerprint density at radius 3 is 2.81 bits per heavy atom. The van der Waals surface area contributed by atoms with Gasteiger partial charge in [0.25, 0.3) is 5.91 Å². The fourth-order valence-corrected chi connectivity index (χ4v) is 3.76. The number of aromatic nitrogens is 3. The summed E-state index contributed by atoms with van der Waals surface area (Å²) in [6.07, 6.45) is 5.63. The number of ether oxygens (including phenoxy) is 1. The lowest BCUT2D eigenvalue weighted by atomic mass is 9.78. The van der Waals surface area contributed by atoms with Crippen molar-refractivity contribution in [2.45, 2.75) is 31.7 Å². The van der Waals surface area contributed by atoms with Gasteiger partial charge < -0.3 is 19.9 Å². The fraction of sp³-hybridized carbons (Fsp3) is 0.556. The summed E-state index contributed by atoms with van der Waals surface area (Å²) in [4.78, 5) is 38.9. The molecule has 26 heavy (non-hydrogen) atoms. The van der Waals surface area contributed by atoms with Crippen molar-refractivity contribution in [1.82, 2.24) is 25.2 Å². The van der Waals surface area contributed by atoms with Gasteiger partial charge in [0.15, 0.2) is 5.65 Å². The molecule has 136 valence electrons. The number of rotatable bonds is 4. The lowest BCUT2D eigenvalue weighted by molar-refractivity contribution is -0.195. The molecular formula is C18H21N5O3. The summed E-state index contributed by atoms with van der Waals surface area (Å²) in [5.41, 5.74) is 2.70. The molecule has 0 radical (unpaired) electrons. The molecule has 2 aromatic heterocycles. The molecule has 5 rings (SSSR count). The molecule has 4 heterocycles. The van der Waals surface area contributed by atoms with Gasteiger partial charge in [0.2, 0.25) is 5.91 Å². The average Bonchev–Trinajstić information content (AvgIpc) is 3.31. The lowest BCUT2D eigenvalue weighted by Crippen LogP contribution is -2.69. The van der Waals surface area contributed by atoms with E-state index in [0.717, 1.165) is 44.8 Å². The van der Waals surface area contributed by atoms with Crippen LogP contribution in [0.4, 0.5) is 0 Å². The first kappa shape index (κ1) is 15.7. The highest BCUT2D eigenvalue weighted by Crippen LogP contribution is 2.39. The van der Waals surface area contributed by atoms with Gasteiger partial charge >= 0.3 is 0 Å². The van der Waals surface area contributed by atoms with Gasteiger partial charge in [-0.15, -0.1) is 0 Å². The lowest BCUT2D eigenvalue weighted by Gasteiger charge is -2.55. The van der Waals surface area contributed by atoms with Crippen LogP contribution >= 0.6 is 0 Å². The molecular weight excluding hydrogens is 334 g/mol. The SMILES string of the molecule is C[C@@H](NC(=O)c1c[nH]c2ncc(C3CC3)nc12)C(=O)N1CC2(COC2)C1. The Hall–Kier alpha value is -2.48. The van der Waals surface area contributed by atoms with E-state index < -0.39 is 6.04 Å². The van der Waals surface area contributed by atoms with Crippen molar-refractivity contribution in [2.75, 3.05) is 26.3 Å². The summed E-state index contributed by atoms with van der Waals surface area (Å²) in [5, 5.41) is 2.80. The number of nitrogens with one attached hydrogen (secondary N) is 2. The largest absolute Gasteiger partial charge is 0.380 e. The Kier molecular flexibility index (Phi) is 3.34. The van der Waals surface area contributed by atoms with E-state index in [1.165, 1.54) is 0 Å². The van der Waals surface area contributed by atoms with E-state index in [4.69, 9.17) is 4.74 Å². The molecule has 1 spiro atoms. The van der Waals surface area contributed by atoms with Crippen molar-refractivity contribution >= 4 is 23.0 Å². The van der Waals surface area contributed by atoms with E-state index in [1.54, 1.807) is 24.2 Å². The number of fused-ring (bicyclic) bond motifs is 1. The molecule has 2 amide bonds. The van der Waals surface area contributed by atoms with Gasteiger partial charge in [-0.2, -0.15) is 0 Å². The molecule has 2 aromatic rings. The second-order valence-electron chi connectivity index (χ2n) is 7.85. The number of aromatic amines is 1. The molecule has 2 aliphatic heterocycles. The molecule has 2 saturated heterocycles. The number of amides is 2. The zero-order chi connectivity index (χ0) is 17.9. The summed E-state index contributed by atoms with van der Waals surface area (Å²) < 4.78 is 5.23. The minimum Gasteiger partial charge on any atom is -0.380 e. The monoisotopic (exact) mass is 355 g/mol. The first-order chi connectivity index (χ1) is 12.5. The van der Waals surface area contributed by atoms with Gasteiger partial charge in [0.05, 0.1) is 36.1 Å². The molecule has 3 fully saturated rings. The Labute approximate surface area is 150 Å². The van der Waals surface area contributed by atoms with Gasteiger partial charge in [-0.05, 0) is 19.8 Å². The van der Waals surface area contributed by atoms with E-state index in [2.05, 4.69) is 20.3 Å². The molecule has 0 unspecified atom stereocenters. The molecule has 8 heteroatoms. The molecule has 8 nitrogen and oxygen atoms in total. The number of hydrogen-bond acceptors (Lipinski definition) is 5. The summed E-state index contributed by atoms with van der Waals surface area (Å²) in [7, 11) is 0. The third-order valence-electron chi connectivity index (χ3n) is 5.54. The van der Waals surface area contributed by atoms with E-state index in [0.29, 0.717) is 22.6 Å². The molecule has 1 aliphatic carbocycles. The summed E-state index contributed by atoms with van der Waals surface area (Å²) >= 11 is 0. The van der Waals surface area contributed by atoms with Gasteiger partial charge in [-0.3, -0.25) is 9.59 Å². The van der Waals surface area contributed by atoms with Crippen LogP contribution in [0.2, 0.25) is 0 Å². The highest BCUT2D eigenvalue weighted by molar-refractivity contribution is 6.05. The Morgan fingerprint density at radius 2 is 2.15 bits per heavy atom. The van der Waals surface area contributed by atoms with E-state index in [9.17, 15) is 9.59 Å². The minimum atomic E-state index is -0.578. The Balaban J connectivity index is 1.28. The first-order valence-corrected chi connectivity index (χ1v) is 9.06. The third-order valence-corrected chi connectivity index (χ3v) is 5.54. The minimum absolute atomic E-state index is 0.0551. The van der Waals surface area contributed by atoms with Crippen LogP contribution in [0.15, 0.2) is 12.4 Å². The van der Waals surface area contributed by atoms with Crippen molar-refractivity contribution in [3.8, 4) is 0 Å². The van der Waals surface area contributed by atoms with Crippen LogP contribution in [0.5, 0.6) is 0 Å². The number of H-pyrrole nitrogens is 1. The van der Waals surface area contributed by atoms with Crippen LogP contribution in [0, 0.1) is 5.41 Å². The van der Waals surface area contributed by atoms with Crippen LogP contribution in [0.3, 0.4) is 0 Å². The van der Waals surface area contributed by atoms with Crippen molar-refractivity contribution in [3.05, 3.63) is 23.7 Å². The van der Waals surface area contributed by atoms with Crippen LogP contribution in [-0.2, 0) is 9.53 Å². The molecule has 3 aliphatic rings. The Morgan fingerprint density at radius 1 is 1.38 bits per heavy atom. The Bertz CT molecular complexity index is 891. The predicted molar refractivity (Wildman–Crippen MR) is 92.6 cm³/mol. The van der Waals surface area contributed by atoms with Gasteiger partial charge in [-0.25, -0.2) is 9.97 Å². The average molecular weight is 355 g/mol. The second-order valence-corrected chi connectivity index (χ2v) is 7.85. The van der Waals surface area contributed by atoms with Crippen LogP contribution in [-0.4, -0.2) is 64.0 Å². The normalized spacial score (nSPS) is 22.0. The van der Waals surface area contributed by atoms with Gasteiger partial charge in [0, 0.05) is 25.2 Å². The van der Waals surface area contributed by atoms with Crippen LogP contribution in [0.1, 0.15) is 41.7 Å². The highest BCUT2D eigenvalue weighted by atomic mass is 16.5. The second kappa shape index (κ2) is 5.51. The number of hydrogen-bond donors (Lipinski definition) is 2. The quantitative estimate of drug-likeness (QED) is 0.845. The first-order valence-electron chi connectivity index (χ1n) is 9.06. The molecule has 0 aromatic carbocycles. The smallest absolute Gasteiger partial charge is 0.255 e. The van der Waals surface area contributed by atoms with E-state index in [-0.39, 0.29) is 17.2 Å². The zero-order valence-corrected chi connectivity index (χ0v) is 14.6. The number of carbonyl (C=O) groups excluding carboxylic acids is 2. The third kappa shape index (κ3) is 2.47. The maximum absolute atomic E-state index is 12.7. The van der Waals surface area contributed by atoms with E-state index >= 15 is 0 Å². The molecule has 1 atom stereocenters. The fourth-order valence-electron chi connectivity index (χ4n) is 3.76. The predicted octanol–water partition coefficient (Wildman–Crippen LogP) is 0.812.